The summed E-state index contributed by atoms with van der Waals surface area (Å²) in [6.45, 7) is 0.139. The zero-order valence-electron chi connectivity index (χ0n) is 16.7. The smallest absolute Gasteiger partial charge is 0.233 e. The molecule has 3 amide bonds. The summed E-state index contributed by atoms with van der Waals surface area (Å²) in [5, 5.41) is 11.1. The molecule has 0 radical (unpaired) electrons. The van der Waals surface area contributed by atoms with Crippen molar-refractivity contribution in [2.24, 2.45) is 22.1 Å². The first-order valence-corrected chi connectivity index (χ1v) is 10.3. The van der Waals surface area contributed by atoms with Crippen molar-refractivity contribution in [3.05, 3.63) is 54.6 Å². The first-order chi connectivity index (χ1) is 14.6. The highest BCUT2D eigenvalue weighted by molar-refractivity contribution is 6.05. The first-order valence-electron chi connectivity index (χ1n) is 10.3. The van der Waals surface area contributed by atoms with Gasteiger partial charge >= 0.3 is 0 Å². The molecule has 2 fully saturated rings. The molecule has 4 rings (SSSR count). The van der Waals surface area contributed by atoms with Gasteiger partial charge in [-0.1, -0.05) is 31.0 Å². The van der Waals surface area contributed by atoms with E-state index < -0.39 is 0 Å². The highest BCUT2D eigenvalue weighted by Gasteiger charge is 2.47. The molecule has 1 aliphatic carbocycles. The van der Waals surface area contributed by atoms with Crippen LogP contribution in [0.2, 0.25) is 0 Å². The third-order valence-corrected chi connectivity index (χ3v) is 5.68. The molecule has 2 aromatic rings. The number of imide groups is 1. The van der Waals surface area contributed by atoms with E-state index in [1.165, 1.54) is 4.90 Å². The van der Waals surface area contributed by atoms with Crippen molar-refractivity contribution >= 4 is 34.8 Å². The zero-order valence-corrected chi connectivity index (χ0v) is 16.7. The number of anilines is 1. The van der Waals surface area contributed by atoms with Gasteiger partial charge in [-0.2, -0.15) is 10.2 Å². The van der Waals surface area contributed by atoms with Gasteiger partial charge in [0.15, 0.2) is 0 Å². The summed E-state index contributed by atoms with van der Waals surface area (Å²) < 4.78 is 0. The van der Waals surface area contributed by atoms with Crippen LogP contribution in [0.3, 0.4) is 0 Å². The van der Waals surface area contributed by atoms with Gasteiger partial charge in [-0.15, -0.1) is 0 Å². The molecule has 0 bridgehead atoms. The Bertz CT molecular complexity index is 932. The molecule has 1 N–H and O–H groups in total. The van der Waals surface area contributed by atoms with Crippen LogP contribution in [0.5, 0.6) is 0 Å². The number of rotatable bonds is 6. The van der Waals surface area contributed by atoms with Crippen LogP contribution in [0.25, 0.3) is 0 Å². The fourth-order valence-corrected chi connectivity index (χ4v) is 4.11. The van der Waals surface area contributed by atoms with E-state index >= 15 is 0 Å². The average molecular weight is 404 g/mol. The third-order valence-electron chi connectivity index (χ3n) is 5.68. The monoisotopic (exact) mass is 404 g/mol. The van der Waals surface area contributed by atoms with Crippen molar-refractivity contribution < 1.29 is 14.4 Å². The molecule has 2 atom stereocenters. The van der Waals surface area contributed by atoms with Crippen LogP contribution in [0.4, 0.5) is 17.1 Å². The highest BCUT2D eigenvalue weighted by atomic mass is 16.2. The van der Waals surface area contributed by atoms with E-state index in [2.05, 4.69) is 15.5 Å². The Labute approximate surface area is 175 Å². The van der Waals surface area contributed by atoms with Crippen molar-refractivity contribution in [3.63, 3.8) is 0 Å². The number of likely N-dealkylation sites (tertiary alicyclic amines) is 1. The maximum atomic E-state index is 12.5. The normalized spacial score (nSPS) is 21.1. The minimum Gasteiger partial charge on any atom is -0.326 e. The van der Waals surface area contributed by atoms with E-state index in [4.69, 9.17) is 0 Å². The van der Waals surface area contributed by atoms with Crippen molar-refractivity contribution in [1.82, 2.24) is 4.90 Å². The van der Waals surface area contributed by atoms with E-state index in [-0.39, 0.29) is 42.5 Å². The zero-order chi connectivity index (χ0) is 20.9. The number of hydrogen-bond acceptors (Lipinski definition) is 5. The average Bonchev–Trinajstić information content (AvgIpc) is 3.02. The van der Waals surface area contributed by atoms with Crippen molar-refractivity contribution in [2.75, 3.05) is 11.9 Å². The molecule has 1 aliphatic heterocycles. The summed E-state index contributed by atoms with van der Waals surface area (Å²) in [4.78, 5) is 38.5. The Kier molecular flexibility index (Phi) is 5.97. The molecule has 2 aliphatic rings. The van der Waals surface area contributed by atoms with Crippen LogP contribution >= 0.6 is 0 Å². The maximum absolute atomic E-state index is 12.5. The van der Waals surface area contributed by atoms with Crippen LogP contribution < -0.4 is 5.32 Å². The number of amides is 3. The van der Waals surface area contributed by atoms with Gasteiger partial charge in [0.1, 0.15) is 0 Å². The molecule has 7 nitrogen and oxygen atoms in total. The lowest BCUT2D eigenvalue weighted by molar-refractivity contribution is -0.140. The molecular weight excluding hydrogens is 380 g/mol. The van der Waals surface area contributed by atoms with E-state index in [1.54, 1.807) is 24.3 Å². The molecule has 1 saturated heterocycles. The Morgan fingerprint density at radius 2 is 1.43 bits per heavy atom. The summed E-state index contributed by atoms with van der Waals surface area (Å²) >= 11 is 0. The van der Waals surface area contributed by atoms with Crippen LogP contribution in [0.15, 0.2) is 64.8 Å². The molecular formula is C23H24N4O3. The second kappa shape index (κ2) is 8.98. The standard InChI is InChI=1S/C23H24N4O3/c28-21(14-15-27-22(29)19-8-4-5-9-20(19)23(27)30)24-16-10-12-18(13-11-16)26-25-17-6-2-1-3-7-17/h1-3,6-7,10-13,19-20H,4-5,8-9,14-15H2,(H,24,28)/t19-,20-/m1/s1. The molecule has 0 spiro atoms. The summed E-state index contributed by atoms with van der Waals surface area (Å²) in [5.41, 5.74) is 2.07. The van der Waals surface area contributed by atoms with Gasteiger partial charge in [-0.05, 0) is 49.2 Å². The van der Waals surface area contributed by atoms with Gasteiger partial charge < -0.3 is 5.32 Å². The fourth-order valence-electron chi connectivity index (χ4n) is 4.11. The maximum Gasteiger partial charge on any atom is 0.233 e. The SMILES string of the molecule is O=C(CCN1C(=O)[C@@H]2CCCC[C@H]2C1=O)Nc1ccc(N=Nc2ccccc2)cc1. The number of nitrogens with zero attached hydrogens (tertiary/aromatic N) is 3. The van der Waals surface area contributed by atoms with Crippen LogP contribution in [0.1, 0.15) is 32.1 Å². The summed E-state index contributed by atoms with van der Waals surface area (Å²) in [6, 6.07) is 16.5. The molecule has 30 heavy (non-hydrogen) atoms. The number of nitrogens with one attached hydrogen (secondary N) is 1. The van der Waals surface area contributed by atoms with Crippen molar-refractivity contribution in [1.29, 1.82) is 0 Å². The van der Waals surface area contributed by atoms with E-state index in [1.807, 2.05) is 30.3 Å². The van der Waals surface area contributed by atoms with Gasteiger partial charge in [0.05, 0.1) is 23.2 Å². The topological polar surface area (TPSA) is 91.2 Å². The second-order valence-electron chi connectivity index (χ2n) is 7.71. The van der Waals surface area contributed by atoms with Crippen LogP contribution in [0, 0.1) is 11.8 Å². The Morgan fingerprint density at radius 3 is 2.03 bits per heavy atom. The lowest BCUT2D eigenvalue weighted by Crippen LogP contribution is -2.34. The highest BCUT2D eigenvalue weighted by Crippen LogP contribution is 2.38. The summed E-state index contributed by atoms with van der Waals surface area (Å²) in [6.07, 6.45) is 3.65. The molecule has 154 valence electrons. The van der Waals surface area contributed by atoms with Gasteiger partial charge in [0, 0.05) is 18.7 Å². The number of fused-ring (bicyclic) bond motifs is 1. The van der Waals surface area contributed by atoms with Crippen LogP contribution in [-0.2, 0) is 14.4 Å². The summed E-state index contributed by atoms with van der Waals surface area (Å²) in [5.74, 6) is -0.792. The fraction of sp³-hybridized carbons (Fsp3) is 0.348. The Hall–Kier alpha value is -3.35. The molecule has 7 heteroatoms. The number of hydrogen-bond donors (Lipinski definition) is 1. The van der Waals surface area contributed by atoms with E-state index in [9.17, 15) is 14.4 Å². The number of carbonyl (C=O) groups is 3. The Balaban J connectivity index is 1.28. The first kappa shape index (κ1) is 19.9. The molecule has 1 saturated carbocycles. The number of azo groups is 1. The van der Waals surface area contributed by atoms with Gasteiger partial charge in [-0.3, -0.25) is 19.3 Å². The quantitative estimate of drug-likeness (QED) is 0.563. The van der Waals surface area contributed by atoms with Crippen molar-refractivity contribution in [2.45, 2.75) is 32.1 Å². The predicted molar refractivity (Wildman–Crippen MR) is 112 cm³/mol. The largest absolute Gasteiger partial charge is 0.326 e. The van der Waals surface area contributed by atoms with Crippen LogP contribution in [-0.4, -0.2) is 29.2 Å². The minimum absolute atomic E-state index is 0.0897. The second-order valence-corrected chi connectivity index (χ2v) is 7.71. The molecule has 0 aromatic heterocycles. The lowest BCUT2D eigenvalue weighted by atomic mass is 9.81. The lowest BCUT2D eigenvalue weighted by Gasteiger charge is -2.19. The summed E-state index contributed by atoms with van der Waals surface area (Å²) in [7, 11) is 0. The van der Waals surface area contributed by atoms with E-state index in [0.717, 1.165) is 31.4 Å². The van der Waals surface area contributed by atoms with Gasteiger partial charge in [0.25, 0.3) is 0 Å². The van der Waals surface area contributed by atoms with Gasteiger partial charge in [0.2, 0.25) is 17.7 Å². The Morgan fingerprint density at radius 1 is 0.867 bits per heavy atom. The minimum atomic E-state index is -0.232. The molecule has 1 heterocycles. The number of carbonyl (C=O) groups excluding carboxylic acids is 3. The van der Waals surface area contributed by atoms with Crippen molar-refractivity contribution in [3.8, 4) is 0 Å². The number of benzene rings is 2. The van der Waals surface area contributed by atoms with E-state index in [0.29, 0.717) is 11.4 Å². The molecule has 0 unspecified atom stereocenters. The predicted octanol–water partition coefficient (Wildman–Crippen LogP) is 4.61. The molecule has 2 aromatic carbocycles. The van der Waals surface area contributed by atoms with Gasteiger partial charge in [-0.25, -0.2) is 0 Å². The third kappa shape index (κ3) is 4.45.